The second kappa shape index (κ2) is 11.1. The van der Waals surface area contributed by atoms with Gasteiger partial charge >= 0.3 is 0 Å². The Morgan fingerprint density at radius 3 is 2.55 bits per heavy atom. The maximum Gasteiger partial charge on any atom is 0.229 e. The van der Waals surface area contributed by atoms with Crippen molar-refractivity contribution in [2.45, 2.75) is 64.0 Å². The number of aromatic nitrogens is 4. The summed E-state index contributed by atoms with van der Waals surface area (Å²) in [6.07, 6.45) is 6.57. The molecular formula is C31H34F2N8O. The first kappa shape index (κ1) is 29.1. The molecule has 11 heteroatoms. The average molecular weight is 573 g/mol. The highest BCUT2D eigenvalue weighted by atomic mass is 19.1. The lowest BCUT2D eigenvalue weighted by Gasteiger charge is -2.43. The van der Waals surface area contributed by atoms with Crippen LogP contribution in [-0.2, 0) is 10.2 Å². The summed E-state index contributed by atoms with van der Waals surface area (Å²) in [6, 6.07) is 9.35. The van der Waals surface area contributed by atoms with E-state index < -0.39 is 17.0 Å². The van der Waals surface area contributed by atoms with Crippen LogP contribution in [0.3, 0.4) is 0 Å². The fraction of sp³-hybridized carbons (Fsp3) is 0.387. The van der Waals surface area contributed by atoms with Crippen molar-refractivity contribution in [2.24, 2.45) is 11.7 Å². The molecule has 4 aromatic rings. The third-order valence-electron chi connectivity index (χ3n) is 8.40. The minimum absolute atomic E-state index is 0.00761. The van der Waals surface area contributed by atoms with E-state index in [0.29, 0.717) is 17.9 Å². The van der Waals surface area contributed by atoms with Crippen LogP contribution in [0.4, 0.5) is 20.4 Å². The molecule has 1 amide bonds. The van der Waals surface area contributed by atoms with Crippen molar-refractivity contribution in [3.8, 4) is 17.3 Å². The van der Waals surface area contributed by atoms with Crippen molar-refractivity contribution < 1.29 is 13.6 Å². The third-order valence-corrected chi connectivity index (χ3v) is 8.40. The summed E-state index contributed by atoms with van der Waals surface area (Å²) in [5.41, 5.74) is 7.95. The lowest BCUT2D eigenvalue weighted by atomic mass is 9.73. The number of carbonyl (C=O) groups is 1. The van der Waals surface area contributed by atoms with Gasteiger partial charge in [0.1, 0.15) is 11.6 Å². The number of nitrogens with one attached hydrogen (secondary N) is 1. The molecule has 1 aliphatic carbocycles. The molecule has 1 aliphatic rings. The van der Waals surface area contributed by atoms with Crippen LogP contribution in [0.15, 0.2) is 48.9 Å². The maximum atomic E-state index is 15.2. The molecule has 0 saturated heterocycles. The normalized spacial score (nSPS) is 20.7. The van der Waals surface area contributed by atoms with E-state index in [0.717, 1.165) is 17.7 Å². The van der Waals surface area contributed by atoms with E-state index in [1.807, 2.05) is 6.07 Å². The van der Waals surface area contributed by atoms with Crippen LogP contribution in [0.25, 0.3) is 16.8 Å². The first-order chi connectivity index (χ1) is 19.9. The maximum absolute atomic E-state index is 15.2. The Labute approximate surface area is 243 Å². The highest BCUT2D eigenvalue weighted by Gasteiger charge is 2.38. The van der Waals surface area contributed by atoms with Crippen LogP contribution < -0.4 is 11.1 Å². The van der Waals surface area contributed by atoms with Gasteiger partial charge in [-0.05, 0) is 80.0 Å². The van der Waals surface area contributed by atoms with E-state index in [-0.39, 0.29) is 46.6 Å². The van der Waals surface area contributed by atoms with Gasteiger partial charge in [0.25, 0.3) is 0 Å². The molecule has 1 saturated carbocycles. The monoisotopic (exact) mass is 572 g/mol. The van der Waals surface area contributed by atoms with Gasteiger partial charge in [0.2, 0.25) is 11.9 Å². The number of anilines is 2. The molecule has 218 valence electrons. The molecule has 5 rings (SSSR count). The molecule has 0 radical (unpaired) electrons. The summed E-state index contributed by atoms with van der Waals surface area (Å²) in [5.74, 6) is -0.966. The Bertz CT molecular complexity index is 1660. The number of likely N-dealkylation sites (N-methyl/N-ethyl adjacent to an activating group) is 1. The number of nitrogens with two attached hydrogens (primary N) is 1. The topological polar surface area (TPSA) is 125 Å². The van der Waals surface area contributed by atoms with Gasteiger partial charge < -0.3 is 16.0 Å². The quantitative estimate of drug-likeness (QED) is 0.321. The Kier molecular flexibility index (Phi) is 7.68. The number of halogens is 2. The van der Waals surface area contributed by atoms with E-state index in [2.05, 4.69) is 33.4 Å². The standard InChI is InChI=1S/C31H34F2N8O/c1-17-10-19(11-25(35)29(17)40(5)18(2)42)22-8-9-36-15-27(22)38-30-37-14-21-6-7-26(39-41(21)30)28-23(32)12-20(13-24(28)33)31(3,4)16-34/h6-9,12-15,17,19,25,29H,10-11,35H2,1-5H3,(H,37,38)/t17-,19+,25+,29-/m0/s1. The van der Waals surface area contributed by atoms with E-state index in [1.54, 1.807) is 57.4 Å². The van der Waals surface area contributed by atoms with Gasteiger partial charge in [-0.2, -0.15) is 14.9 Å². The Hall–Kier alpha value is -4.43. The second-order valence-electron chi connectivity index (χ2n) is 11.7. The van der Waals surface area contributed by atoms with Gasteiger partial charge in [-0.15, -0.1) is 0 Å². The number of amides is 1. The van der Waals surface area contributed by atoms with Gasteiger partial charge in [0.15, 0.2) is 0 Å². The molecule has 3 aromatic heterocycles. The molecule has 3 N–H and O–H groups in total. The zero-order chi connectivity index (χ0) is 30.3. The van der Waals surface area contributed by atoms with Crippen molar-refractivity contribution in [3.63, 3.8) is 0 Å². The van der Waals surface area contributed by atoms with Crippen molar-refractivity contribution in [1.29, 1.82) is 5.26 Å². The van der Waals surface area contributed by atoms with Gasteiger partial charge in [-0.25, -0.2) is 13.8 Å². The summed E-state index contributed by atoms with van der Waals surface area (Å²) in [7, 11) is 1.80. The number of fused-ring (bicyclic) bond motifs is 1. The lowest BCUT2D eigenvalue weighted by Crippen LogP contribution is -2.54. The number of pyridine rings is 1. The summed E-state index contributed by atoms with van der Waals surface area (Å²) in [4.78, 5) is 22.5. The summed E-state index contributed by atoms with van der Waals surface area (Å²) in [5, 5.41) is 17.2. The third kappa shape index (κ3) is 5.30. The molecule has 42 heavy (non-hydrogen) atoms. The van der Waals surface area contributed by atoms with Crippen molar-refractivity contribution in [1.82, 2.24) is 24.5 Å². The van der Waals surface area contributed by atoms with Crippen LogP contribution >= 0.6 is 0 Å². The van der Waals surface area contributed by atoms with Gasteiger partial charge in [0.05, 0.1) is 46.3 Å². The summed E-state index contributed by atoms with van der Waals surface area (Å²) >= 11 is 0. The molecule has 9 nitrogen and oxygen atoms in total. The largest absolute Gasteiger partial charge is 0.341 e. The van der Waals surface area contributed by atoms with Gasteiger partial charge in [-0.3, -0.25) is 9.78 Å². The molecular weight excluding hydrogens is 538 g/mol. The predicted molar refractivity (Wildman–Crippen MR) is 156 cm³/mol. The average Bonchev–Trinajstić information content (AvgIpc) is 3.34. The zero-order valence-corrected chi connectivity index (χ0v) is 24.3. The minimum Gasteiger partial charge on any atom is -0.341 e. The number of imidazole rings is 1. The van der Waals surface area contributed by atoms with Crippen LogP contribution in [-0.4, -0.2) is 49.5 Å². The first-order valence-corrected chi connectivity index (χ1v) is 13.9. The first-order valence-electron chi connectivity index (χ1n) is 13.9. The van der Waals surface area contributed by atoms with E-state index >= 15 is 8.78 Å². The summed E-state index contributed by atoms with van der Waals surface area (Å²) in [6.45, 7) is 6.87. The summed E-state index contributed by atoms with van der Waals surface area (Å²) < 4.78 is 31.9. The Morgan fingerprint density at radius 1 is 1.19 bits per heavy atom. The number of benzene rings is 1. The lowest BCUT2D eigenvalue weighted by molar-refractivity contribution is -0.131. The number of rotatable bonds is 6. The molecule has 3 heterocycles. The van der Waals surface area contributed by atoms with E-state index in [4.69, 9.17) is 5.73 Å². The second-order valence-corrected chi connectivity index (χ2v) is 11.7. The predicted octanol–water partition coefficient (Wildman–Crippen LogP) is 5.30. The highest BCUT2D eigenvalue weighted by molar-refractivity contribution is 5.73. The molecule has 4 atom stereocenters. The molecule has 1 fully saturated rings. The van der Waals surface area contributed by atoms with Crippen molar-refractivity contribution >= 4 is 23.1 Å². The van der Waals surface area contributed by atoms with Crippen molar-refractivity contribution in [3.05, 3.63) is 71.7 Å². The van der Waals surface area contributed by atoms with Crippen LogP contribution in [0.5, 0.6) is 0 Å². The zero-order valence-electron chi connectivity index (χ0n) is 24.3. The van der Waals surface area contributed by atoms with Crippen LogP contribution in [0.1, 0.15) is 57.6 Å². The SMILES string of the molecule is CC(=O)N(C)[C@@H]1[C@H](N)C[C@H](c2ccncc2Nc2ncc3ccc(-c4c(F)cc(C(C)(C)C#N)cc4F)nn23)C[C@@H]1C. The van der Waals surface area contributed by atoms with E-state index in [9.17, 15) is 10.1 Å². The van der Waals surface area contributed by atoms with Crippen LogP contribution in [0, 0.1) is 28.9 Å². The fourth-order valence-corrected chi connectivity index (χ4v) is 6.04. The van der Waals surface area contributed by atoms with Gasteiger partial charge in [0, 0.05) is 32.3 Å². The number of carbonyl (C=O) groups excluding carboxylic acids is 1. The van der Waals surface area contributed by atoms with E-state index in [1.165, 1.54) is 22.7 Å². The molecule has 1 aromatic carbocycles. The number of hydrogen-bond donors (Lipinski definition) is 2. The minimum atomic E-state index is -1.05. The Morgan fingerprint density at radius 2 is 1.90 bits per heavy atom. The molecule has 0 unspecified atom stereocenters. The Balaban J connectivity index is 1.46. The number of hydrogen-bond acceptors (Lipinski definition) is 7. The number of nitrogens with zero attached hydrogens (tertiary/aromatic N) is 6. The molecule has 0 spiro atoms. The molecule has 0 aliphatic heterocycles. The van der Waals surface area contributed by atoms with Crippen LogP contribution in [0.2, 0.25) is 0 Å². The van der Waals surface area contributed by atoms with Crippen molar-refractivity contribution in [2.75, 3.05) is 12.4 Å². The highest BCUT2D eigenvalue weighted by Crippen LogP contribution is 2.40. The fourth-order valence-electron chi connectivity index (χ4n) is 6.04. The van der Waals surface area contributed by atoms with Gasteiger partial charge in [-0.1, -0.05) is 6.92 Å². The number of nitriles is 1. The smallest absolute Gasteiger partial charge is 0.229 e. The molecule has 0 bridgehead atoms.